The summed E-state index contributed by atoms with van der Waals surface area (Å²) >= 11 is 6.37. The number of cyclic esters (lactones) is 2. The summed E-state index contributed by atoms with van der Waals surface area (Å²) in [6.45, 7) is 10.0. The minimum absolute atomic E-state index is 0.0196. The van der Waals surface area contributed by atoms with Crippen molar-refractivity contribution in [3.05, 3.63) is 93.1 Å². The summed E-state index contributed by atoms with van der Waals surface area (Å²) in [5, 5.41) is 49.5. The van der Waals surface area contributed by atoms with Gasteiger partial charge in [-0.15, -0.1) is 0 Å². The van der Waals surface area contributed by atoms with Crippen LogP contribution in [0.2, 0.25) is 5.02 Å². The SMILES string of the molecule is C/C1=C\C(=N/OCC(=O)N2CCCCC2)Cc2c(Cl)c(O)cc(O)c2C(=O)O[C@H](C)C/C=C/CC1.C/C1=C\C(=N\OCC(=O)N2CCCCC2)Cc2cc(O)cc(O)c2C(=O)O[C@H](C)C/C=C/CC1. The Labute approximate surface area is 409 Å². The number of phenols is 4. The molecule has 0 saturated carbocycles. The summed E-state index contributed by atoms with van der Waals surface area (Å²) in [5.74, 6) is -3.02. The molecule has 0 radical (unpaired) electrons. The van der Waals surface area contributed by atoms with E-state index < -0.39 is 23.8 Å². The number of fused-ring (bicyclic) bond motifs is 2. The summed E-state index contributed by atoms with van der Waals surface area (Å²) in [4.78, 5) is 65.1. The number of likely N-dealkylation sites (tertiary alicyclic amines) is 2. The third-order valence-electron chi connectivity index (χ3n) is 11.9. The number of phenolic OH excluding ortho intramolecular Hbond substituents is 4. The summed E-state index contributed by atoms with van der Waals surface area (Å²) in [6.07, 6.45) is 21.4. The van der Waals surface area contributed by atoms with Crippen molar-refractivity contribution < 1.29 is 58.8 Å². The van der Waals surface area contributed by atoms with Crippen molar-refractivity contribution in [3.8, 4) is 23.0 Å². The molecular weight excluding hydrogens is 908 g/mol. The van der Waals surface area contributed by atoms with Gasteiger partial charge in [-0.05, 0) is 121 Å². The Hall–Kier alpha value is -6.29. The molecule has 0 aromatic heterocycles. The summed E-state index contributed by atoms with van der Waals surface area (Å²) in [5.41, 5.74) is 3.29. The Morgan fingerprint density at radius 1 is 0.652 bits per heavy atom. The van der Waals surface area contributed by atoms with Crippen LogP contribution < -0.4 is 0 Å². The van der Waals surface area contributed by atoms with E-state index in [9.17, 15) is 39.6 Å². The van der Waals surface area contributed by atoms with Crippen LogP contribution in [0.15, 0.2) is 76.1 Å². The van der Waals surface area contributed by atoms with Gasteiger partial charge in [-0.1, -0.05) is 57.4 Å². The highest BCUT2D eigenvalue weighted by Crippen LogP contribution is 2.38. The van der Waals surface area contributed by atoms with Gasteiger partial charge in [0.15, 0.2) is 13.2 Å². The van der Waals surface area contributed by atoms with Crippen LogP contribution in [0.3, 0.4) is 0 Å². The van der Waals surface area contributed by atoms with Crippen molar-refractivity contribution >= 4 is 46.8 Å². The van der Waals surface area contributed by atoms with E-state index in [1.54, 1.807) is 29.7 Å². The van der Waals surface area contributed by atoms with Crippen LogP contribution in [0.4, 0.5) is 0 Å². The van der Waals surface area contributed by atoms with Crippen molar-refractivity contribution in [2.45, 2.75) is 130 Å². The molecule has 4 aliphatic rings. The first kappa shape index (κ1) is 53.7. The molecule has 2 fully saturated rings. The second kappa shape index (κ2) is 27.0. The topological polar surface area (TPSA) is 217 Å². The van der Waals surface area contributed by atoms with E-state index >= 15 is 0 Å². The Bertz CT molecular complexity index is 2320. The Balaban J connectivity index is 0.000000258. The van der Waals surface area contributed by atoms with Crippen LogP contribution in [0.5, 0.6) is 23.0 Å². The lowest BCUT2D eigenvalue weighted by Crippen LogP contribution is -2.37. The van der Waals surface area contributed by atoms with E-state index in [4.69, 9.17) is 30.7 Å². The average Bonchev–Trinajstić information content (AvgIpc) is 3.30. The molecule has 374 valence electrons. The molecule has 69 heavy (non-hydrogen) atoms. The van der Waals surface area contributed by atoms with Crippen molar-refractivity contribution in [1.29, 1.82) is 0 Å². The molecule has 16 nitrogen and oxygen atoms in total. The third kappa shape index (κ3) is 17.0. The number of rotatable bonds is 6. The number of piperidine rings is 2. The molecule has 2 atom stereocenters. The largest absolute Gasteiger partial charge is 0.508 e. The lowest BCUT2D eigenvalue weighted by Gasteiger charge is -2.26. The molecule has 0 spiro atoms. The Morgan fingerprint density at radius 3 is 1.62 bits per heavy atom. The number of benzene rings is 2. The van der Waals surface area contributed by atoms with Gasteiger partial charge in [0.25, 0.3) is 11.8 Å². The number of halogens is 1. The Morgan fingerprint density at radius 2 is 1.12 bits per heavy atom. The molecular formula is C52H67ClN4O12. The van der Waals surface area contributed by atoms with Crippen LogP contribution in [0.25, 0.3) is 0 Å². The molecule has 2 aromatic carbocycles. The zero-order chi connectivity index (χ0) is 49.9. The molecule has 0 unspecified atom stereocenters. The van der Waals surface area contributed by atoms with Gasteiger partial charge in [0.05, 0.1) is 16.4 Å². The fourth-order valence-electron chi connectivity index (χ4n) is 8.25. The van der Waals surface area contributed by atoms with Gasteiger partial charge in [-0.3, -0.25) is 9.59 Å². The number of ether oxygens (including phenoxy) is 2. The van der Waals surface area contributed by atoms with Gasteiger partial charge in [0, 0.05) is 64.0 Å². The van der Waals surface area contributed by atoms with Crippen LogP contribution >= 0.6 is 11.6 Å². The van der Waals surface area contributed by atoms with E-state index in [0.29, 0.717) is 42.9 Å². The standard InChI is InChI=1S/C26H33ClN2O6.C26H34N2O6/c1-17-9-5-3-6-10-18(2)35-26(33)24-20(25(27)22(31)15-21(24)30)14-19(13-17)28-34-16-23(32)29-11-7-4-8-12-29;1-18-9-5-3-6-10-19(2)34-26(32)25-20(15-22(29)16-23(25)30)14-21(13-18)27-33-17-24(31)28-11-7-4-8-12-28/h3,6,13,15,18,30-31H,4-5,7-12,14,16H2,1-2H3;3,6,13,15-16,19,29-30H,4-5,7-12,14,17H2,1-2H3/b6-3+,17-13+,28-19+;6-3+,18-13+,27-21-/t18-;19-/m11/s1. The zero-order valence-corrected chi connectivity index (χ0v) is 41.0. The Kier molecular flexibility index (Phi) is 21.0. The molecule has 4 aliphatic heterocycles. The number of hydrogen-bond donors (Lipinski definition) is 4. The van der Waals surface area contributed by atoms with Crippen LogP contribution in [0.1, 0.15) is 137 Å². The number of hydrogen-bond acceptors (Lipinski definition) is 14. The second-order valence-electron chi connectivity index (χ2n) is 17.9. The fourth-order valence-corrected chi connectivity index (χ4v) is 8.47. The molecule has 0 aliphatic carbocycles. The first-order valence-corrected chi connectivity index (χ1v) is 24.2. The number of carbonyl (C=O) groups is 4. The zero-order valence-electron chi connectivity index (χ0n) is 40.2. The van der Waals surface area contributed by atoms with E-state index in [1.807, 2.05) is 44.2 Å². The number of amides is 2. The molecule has 2 saturated heterocycles. The van der Waals surface area contributed by atoms with Crippen LogP contribution in [-0.2, 0) is 41.6 Å². The normalized spacial score (nSPS) is 23.6. The molecule has 0 bridgehead atoms. The quantitative estimate of drug-likeness (QED) is 0.121. The average molecular weight is 976 g/mol. The molecule has 2 aromatic rings. The maximum Gasteiger partial charge on any atom is 0.342 e. The molecule has 17 heteroatoms. The first-order chi connectivity index (χ1) is 33.1. The lowest BCUT2D eigenvalue weighted by molar-refractivity contribution is -0.137. The van der Waals surface area contributed by atoms with Gasteiger partial charge in [0.1, 0.15) is 46.3 Å². The van der Waals surface area contributed by atoms with Gasteiger partial charge in [-0.25, -0.2) is 9.59 Å². The first-order valence-electron chi connectivity index (χ1n) is 23.9. The van der Waals surface area contributed by atoms with Crippen molar-refractivity contribution in [2.75, 3.05) is 39.4 Å². The fraction of sp³-hybridized carbons (Fsp3) is 0.500. The van der Waals surface area contributed by atoms with Gasteiger partial charge >= 0.3 is 11.9 Å². The van der Waals surface area contributed by atoms with Crippen LogP contribution in [0, 0.1) is 0 Å². The smallest absolute Gasteiger partial charge is 0.342 e. The predicted molar refractivity (Wildman–Crippen MR) is 263 cm³/mol. The van der Waals surface area contributed by atoms with E-state index in [0.717, 1.165) is 101 Å². The monoisotopic (exact) mass is 974 g/mol. The summed E-state index contributed by atoms with van der Waals surface area (Å²) in [6, 6.07) is 3.53. The van der Waals surface area contributed by atoms with E-state index in [-0.39, 0.29) is 82.9 Å². The maximum atomic E-state index is 12.9. The number of esters is 2. The number of aromatic hydroxyl groups is 4. The van der Waals surface area contributed by atoms with Crippen molar-refractivity contribution in [1.82, 2.24) is 9.80 Å². The van der Waals surface area contributed by atoms with Crippen LogP contribution in [-0.4, -0.2) is 117 Å². The summed E-state index contributed by atoms with van der Waals surface area (Å²) in [7, 11) is 0. The highest BCUT2D eigenvalue weighted by atomic mass is 35.5. The lowest BCUT2D eigenvalue weighted by atomic mass is 9.98. The maximum absolute atomic E-state index is 12.9. The third-order valence-corrected chi connectivity index (χ3v) is 12.3. The van der Waals surface area contributed by atoms with Crippen molar-refractivity contribution in [2.24, 2.45) is 10.3 Å². The minimum atomic E-state index is -0.751. The molecule has 6 rings (SSSR count). The predicted octanol–water partition coefficient (Wildman–Crippen LogP) is 9.17. The van der Waals surface area contributed by atoms with E-state index in [1.165, 1.54) is 6.07 Å². The van der Waals surface area contributed by atoms with Crippen molar-refractivity contribution in [3.63, 3.8) is 0 Å². The van der Waals surface area contributed by atoms with Gasteiger partial charge in [-0.2, -0.15) is 0 Å². The van der Waals surface area contributed by atoms with Gasteiger partial charge < -0.3 is 49.4 Å². The minimum Gasteiger partial charge on any atom is -0.508 e. The number of carbonyl (C=O) groups excluding carboxylic acids is 4. The second-order valence-corrected chi connectivity index (χ2v) is 18.3. The number of allylic oxidation sites excluding steroid dienone is 6. The number of nitrogens with zero attached hydrogens (tertiary/aromatic N) is 4. The van der Waals surface area contributed by atoms with E-state index in [2.05, 4.69) is 10.3 Å². The molecule has 4 N–H and O–H groups in total. The molecule has 4 heterocycles. The number of oxime groups is 2. The van der Waals surface area contributed by atoms with Gasteiger partial charge in [0.2, 0.25) is 0 Å². The molecule has 2 amide bonds. The highest BCUT2D eigenvalue weighted by Gasteiger charge is 2.27. The summed E-state index contributed by atoms with van der Waals surface area (Å²) < 4.78 is 11.0. The highest BCUT2D eigenvalue weighted by molar-refractivity contribution is 6.33.